The zero-order chi connectivity index (χ0) is 28.8. The lowest BCUT2D eigenvalue weighted by atomic mass is 9.94. The molecule has 1 amide bonds. The molecule has 0 bridgehead atoms. The van der Waals surface area contributed by atoms with Crippen LogP contribution in [-0.2, 0) is 17.8 Å². The van der Waals surface area contributed by atoms with Gasteiger partial charge in [-0.3, -0.25) is 9.59 Å². The summed E-state index contributed by atoms with van der Waals surface area (Å²) in [6.45, 7) is 6.40. The molecule has 1 heterocycles. The number of nitrogens with one attached hydrogen (secondary N) is 1. The van der Waals surface area contributed by atoms with Crippen molar-refractivity contribution in [3.05, 3.63) is 81.4 Å². The highest BCUT2D eigenvalue weighted by atomic mass is 35.5. The Morgan fingerprint density at radius 1 is 1.07 bits per heavy atom. The van der Waals surface area contributed by atoms with Crippen molar-refractivity contribution in [1.82, 2.24) is 5.32 Å². The molecule has 0 fully saturated rings. The number of carbonyl (C=O) groups excluding carboxylic acids is 1. The molecular formula is C31H34ClNO7. The van der Waals surface area contributed by atoms with E-state index in [1.165, 1.54) is 0 Å². The van der Waals surface area contributed by atoms with Crippen LogP contribution in [0.3, 0.4) is 0 Å². The summed E-state index contributed by atoms with van der Waals surface area (Å²) in [5.41, 5.74) is 3.64. The molecular weight excluding hydrogens is 534 g/mol. The number of halogens is 1. The van der Waals surface area contributed by atoms with E-state index in [0.29, 0.717) is 45.6 Å². The van der Waals surface area contributed by atoms with Gasteiger partial charge in [-0.1, -0.05) is 43.6 Å². The van der Waals surface area contributed by atoms with Gasteiger partial charge in [0.1, 0.15) is 12.4 Å². The van der Waals surface area contributed by atoms with Crippen LogP contribution in [0.2, 0.25) is 5.02 Å². The zero-order valence-corrected chi connectivity index (χ0v) is 23.8. The van der Waals surface area contributed by atoms with Crippen molar-refractivity contribution in [1.29, 1.82) is 0 Å². The topological polar surface area (TPSA) is 103 Å². The minimum Gasteiger partial charge on any atom is -0.493 e. The minimum absolute atomic E-state index is 0.0934. The van der Waals surface area contributed by atoms with E-state index in [-0.39, 0.29) is 44.1 Å². The monoisotopic (exact) mass is 567 g/mol. The number of carboxylic acid groups (broad SMARTS) is 1. The minimum atomic E-state index is -0.932. The summed E-state index contributed by atoms with van der Waals surface area (Å²) < 4.78 is 22.6. The van der Waals surface area contributed by atoms with E-state index in [2.05, 4.69) is 19.2 Å². The van der Waals surface area contributed by atoms with Gasteiger partial charge in [0.15, 0.2) is 11.5 Å². The predicted octanol–water partition coefficient (Wildman–Crippen LogP) is 6.50. The van der Waals surface area contributed by atoms with Crippen LogP contribution in [0.1, 0.15) is 65.3 Å². The van der Waals surface area contributed by atoms with Gasteiger partial charge in [0, 0.05) is 12.0 Å². The molecule has 1 aliphatic heterocycles. The van der Waals surface area contributed by atoms with Crippen molar-refractivity contribution in [3.63, 3.8) is 0 Å². The Morgan fingerprint density at radius 2 is 1.88 bits per heavy atom. The number of ether oxygens (including phenoxy) is 4. The Hall–Kier alpha value is -3.91. The van der Waals surface area contributed by atoms with Gasteiger partial charge < -0.3 is 29.4 Å². The van der Waals surface area contributed by atoms with E-state index in [1.807, 2.05) is 37.3 Å². The highest BCUT2D eigenvalue weighted by molar-refractivity contribution is 6.32. The highest BCUT2D eigenvalue weighted by Gasteiger charge is 2.26. The molecule has 1 aliphatic rings. The molecule has 0 spiro atoms. The molecule has 212 valence electrons. The van der Waals surface area contributed by atoms with Gasteiger partial charge in [-0.05, 0) is 78.3 Å². The summed E-state index contributed by atoms with van der Waals surface area (Å²) in [6, 6.07) is 14.3. The van der Waals surface area contributed by atoms with Crippen LogP contribution in [0.5, 0.6) is 23.0 Å². The van der Waals surface area contributed by atoms with Crippen molar-refractivity contribution in [3.8, 4) is 23.0 Å². The Kier molecular flexibility index (Phi) is 9.42. The average molecular weight is 568 g/mol. The van der Waals surface area contributed by atoms with Gasteiger partial charge in [0.25, 0.3) is 5.91 Å². The van der Waals surface area contributed by atoms with Crippen molar-refractivity contribution in [2.45, 2.75) is 52.7 Å². The SMILES string of the molecule is COc1cc(C(CC(C)C)NC(=O)c2cc(COc3cc(C)ccc3Cl)ccc2CCC(=O)O)cc2c1OCO2. The summed E-state index contributed by atoms with van der Waals surface area (Å²) in [5, 5.41) is 12.9. The third-order valence-corrected chi connectivity index (χ3v) is 6.92. The second-order valence-corrected chi connectivity index (χ2v) is 10.6. The molecule has 0 saturated heterocycles. The summed E-state index contributed by atoms with van der Waals surface area (Å²) in [6.07, 6.45) is 0.785. The molecule has 0 aromatic heterocycles. The normalized spacial score (nSPS) is 12.8. The molecule has 1 atom stereocenters. The number of carbonyl (C=O) groups is 2. The molecule has 40 heavy (non-hydrogen) atoms. The standard InChI is InChI=1S/C31H34ClNO7/c1-18(2)11-25(22-14-27(37-4)30-28(15-22)39-17-40-30)33-31(36)23-13-20(6-7-21(23)8-10-29(34)35)16-38-26-12-19(3)5-9-24(26)32/h5-7,9,12-15,18,25H,8,10-11,16-17H2,1-4H3,(H,33,36)(H,34,35). The van der Waals surface area contributed by atoms with Gasteiger partial charge >= 0.3 is 5.97 Å². The Balaban J connectivity index is 1.62. The molecule has 0 saturated carbocycles. The van der Waals surface area contributed by atoms with Crippen LogP contribution in [0.15, 0.2) is 48.5 Å². The maximum absolute atomic E-state index is 13.8. The average Bonchev–Trinajstić information content (AvgIpc) is 3.40. The van der Waals surface area contributed by atoms with E-state index in [9.17, 15) is 14.7 Å². The molecule has 1 unspecified atom stereocenters. The number of carboxylic acids is 1. The first-order valence-electron chi connectivity index (χ1n) is 13.2. The fourth-order valence-corrected chi connectivity index (χ4v) is 4.78. The number of rotatable bonds is 12. The van der Waals surface area contributed by atoms with Gasteiger partial charge in [-0.25, -0.2) is 0 Å². The van der Waals surface area contributed by atoms with Crippen LogP contribution in [0.4, 0.5) is 0 Å². The van der Waals surface area contributed by atoms with Crippen LogP contribution in [0, 0.1) is 12.8 Å². The highest BCUT2D eigenvalue weighted by Crippen LogP contribution is 2.43. The number of benzene rings is 3. The lowest BCUT2D eigenvalue weighted by Gasteiger charge is -2.23. The lowest BCUT2D eigenvalue weighted by molar-refractivity contribution is -0.136. The van der Waals surface area contributed by atoms with E-state index < -0.39 is 5.97 Å². The third-order valence-electron chi connectivity index (χ3n) is 6.60. The molecule has 9 heteroatoms. The maximum atomic E-state index is 13.8. The van der Waals surface area contributed by atoms with Gasteiger partial charge in [-0.2, -0.15) is 0 Å². The predicted molar refractivity (Wildman–Crippen MR) is 152 cm³/mol. The largest absolute Gasteiger partial charge is 0.493 e. The Bertz CT molecular complexity index is 1390. The van der Waals surface area contributed by atoms with Crippen molar-refractivity contribution in [2.24, 2.45) is 5.92 Å². The Labute approximate surface area is 239 Å². The summed E-state index contributed by atoms with van der Waals surface area (Å²) in [5.74, 6) is 1.22. The third kappa shape index (κ3) is 7.18. The molecule has 0 aliphatic carbocycles. The molecule has 0 radical (unpaired) electrons. The molecule has 4 rings (SSSR count). The number of fused-ring (bicyclic) bond motifs is 1. The van der Waals surface area contributed by atoms with Crippen LogP contribution >= 0.6 is 11.6 Å². The summed E-state index contributed by atoms with van der Waals surface area (Å²) >= 11 is 6.28. The van der Waals surface area contributed by atoms with Crippen molar-refractivity contribution in [2.75, 3.05) is 13.9 Å². The first kappa shape index (κ1) is 29.1. The fourth-order valence-electron chi connectivity index (χ4n) is 4.60. The molecule has 3 aromatic carbocycles. The van der Waals surface area contributed by atoms with Crippen molar-refractivity contribution < 1.29 is 33.6 Å². The number of hydrogen-bond acceptors (Lipinski definition) is 6. The van der Waals surface area contributed by atoms with Gasteiger partial charge in [-0.15, -0.1) is 0 Å². The van der Waals surface area contributed by atoms with Crippen molar-refractivity contribution >= 4 is 23.5 Å². The quantitative estimate of drug-likeness (QED) is 0.257. The smallest absolute Gasteiger partial charge is 0.303 e. The van der Waals surface area contributed by atoms with Crippen LogP contribution < -0.4 is 24.3 Å². The van der Waals surface area contributed by atoms with E-state index >= 15 is 0 Å². The van der Waals surface area contributed by atoms with Crippen LogP contribution in [-0.4, -0.2) is 30.9 Å². The second kappa shape index (κ2) is 13.0. The maximum Gasteiger partial charge on any atom is 0.303 e. The van der Waals surface area contributed by atoms with Gasteiger partial charge in [0.05, 0.1) is 18.2 Å². The molecule has 2 N–H and O–H groups in total. The number of hydrogen-bond donors (Lipinski definition) is 2. The van der Waals surface area contributed by atoms with Gasteiger partial charge in [0.2, 0.25) is 12.5 Å². The fraction of sp³-hybridized carbons (Fsp3) is 0.355. The lowest BCUT2D eigenvalue weighted by Crippen LogP contribution is -2.30. The zero-order valence-electron chi connectivity index (χ0n) is 23.1. The van der Waals surface area contributed by atoms with E-state index in [4.69, 9.17) is 30.5 Å². The summed E-state index contributed by atoms with van der Waals surface area (Å²) in [7, 11) is 1.56. The molecule has 8 nitrogen and oxygen atoms in total. The van der Waals surface area contributed by atoms with E-state index in [0.717, 1.165) is 16.7 Å². The number of methoxy groups -OCH3 is 1. The molecule has 3 aromatic rings. The Morgan fingerprint density at radius 3 is 2.60 bits per heavy atom. The number of amides is 1. The first-order valence-corrected chi connectivity index (χ1v) is 13.5. The summed E-state index contributed by atoms with van der Waals surface area (Å²) in [4.78, 5) is 25.1. The number of aryl methyl sites for hydroxylation is 2. The first-order chi connectivity index (χ1) is 19.1. The van der Waals surface area contributed by atoms with E-state index in [1.54, 1.807) is 25.3 Å². The van der Waals surface area contributed by atoms with Crippen LogP contribution in [0.25, 0.3) is 0 Å². The second-order valence-electron chi connectivity index (χ2n) is 10.2. The number of aliphatic carboxylic acids is 1.